The van der Waals surface area contributed by atoms with Gasteiger partial charge in [-0.15, -0.1) is 0 Å². The van der Waals surface area contributed by atoms with Crippen molar-refractivity contribution in [2.45, 2.75) is 0 Å². The van der Waals surface area contributed by atoms with E-state index < -0.39 is 22.2 Å². The highest BCUT2D eigenvalue weighted by Gasteiger charge is 2.17. The fourth-order valence-electron chi connectivity index (χ4n) is 2.96. The van der Waals surface area contributed by atoms with Crippen molar-refractivity contribution in [3.63, 3.8) is 0 Å². The number of nitro benzene ring substituents is 1. The Morgan fingerprint density at radius 3 is 2.50 bits per heavy atom. The molecular weight excluding hydrogens is 391 g/mol. The first-order chi connectivity index (χ1) is 14.4. The van der Waals surface area contributed by atoms with Gasteiger partial charge in [0.15, 0.2) is 5.82 Å². The van der Waals surface area contributed by atoms with Gasteiger partial charge < -0.3 is 0 Å². The third-order valence-corrected chi connectivity index (χ3v) is 4.41. The summed E-state index contributed by atoms with van der Waals surface area (Å²) in [5, 5.41) is 11.2. The molecule has 9 heteroatoms. The van der Waals surface area contributed by atoms with Crippen molar-refractivity contribution in [1.82, 2.24) is 9.66 Å². The summed E-state index contributed by atoms with van der Waals surface area (Å²) < 4.78 is 14.3. The van der Waals surface area contributed by atoms with E-state index in [1.807, 2.05) is 0 Å². The second-order valence-corrected chi connectivity index (χ2v) is 6.35. The average Bonchev–Trinajstić information content (AvgIpc) is 2.76. The van der Waals surface area contributed by atoms with Crippen molar-refractivity contribution < 1.29 is 14.1 Å². The normalized spacial score (nSPS) is 10.7. The SMILES string of the molecule is O=C(Nn1c(-c2ccc(F)cc2)nc2ccccc2c1=O)c1cccc([N+](=O)[O-])c1. The van der Waals surface area contributed by atoms with E-state index in [-0.39, 0.29) is 22.5 Å². The van der Waals surface area contributed by atoms with Crippen LogP contribution < -0.4 is 11.0 Å². The maximum absolute atomic E-state index is 13.4. The van der Waals surface area contributed by atoms with Crippen molar-refractivity contribution in [2.24, 2.45) is 0 Å². The number of aromatic nitrogens is 2. The second kappa shape index (κ2) is 7.55. The monoisotopic (exact) mass is 404 g/mol. The Hall–Kier alpha value is -4.40. The van der Waals surface area contributed by atoms with Gasteiger partial charge in [-0.3, -0.25) is 25.1 Å². The molecule has 1 N–H and O–H groups in total. The van der Waals surface area contributed by atoms with E-state index in [9.17, 15) is 24.1 Å². The van der Waals surface area contributed by atoms with Crippen LogP contribution in [-0.4, -0.2) is 20.5 Å². The van der Waals surface area contributed by atoms with Crippen LogP contribution in [0, 0.1) is 15.9 Å². The van der Waals surface area contributed by atoms with Gasteiger partial charge >= 0.3 is 0 Å². The van der Waals surface area contributed by atoms with E-state index in [2.05, 4.69) is 10.4 Å². The smallest absolute Gasteiger partial charge is 0.267 e. The lowest BCUT2D eigenvalue weighted by Gasteiger charge is -2.14. The van der Waals surface area contributed by atoms with Crippen LogP contribution in [0.5, 0.6) is 0 Å². The lowest BCUT2D eigenvalue weighted by molar-refractivity contribution is -0.384. The molecule has 1 heterocycles. The molecular formula is C21H13FN4O4. The zero-order chi connectivity index (χ0) is 21.3. The van der Waals surface area contributed by atoms with E-state index >= 15 is 0 Å². The summed E-state index contributed by atoms with van der Waals surface area (Å²) in [6.07, 6.45) is 0. The van der Waals surface area contributed by atoms with E-state index in [0.717, 1.165) is 10.7 Å². The molecule has 1 amide bonds. The standard InChI is InChI=1S/C21H13FN4O4/c22-15-10-8-13(9-11-15)19-23-18-7-2-1-6-17(18)21(28)25(19)24-20(27)14-4-3-5-16(12-14)26(29)30/h1-12H,(H,24,27). The number of benzene rings is 3. The Labute approximate surface area is 168 Å². The molecule has 0 unspecified atom stereocenters. The molecule has 3 aromatic carbocycles. The highest BCUT2D eigenvalue weighted by Crippen LogP contribution is 2.19. The van der Waals surface area contributed by atoms with Crippen LogP contribution in [0.4, 0.5) is 10.1 Å². The van der Waals surface area contributed by atoms with Crippen molar-refractivity contribution in [1.29, 1.82) is 0 Å². The molecule has 0 aliphatic carbocycles. The maximum Gasteiger partial charge on any atom is 0.280 e. The molecule has 0 saturated carbocycles. The Morgan fingerprint density at radius 2 is 1.77 bits per heavy atom. The van der Waals surface area contributed by atoms with Gasteiger partial charge in [0.2, 0.25) is 0 Å². The number of para-hydroxylation sites is 1. The van der Waals surface area contributed by atoms with Crippen LogP contribution in [0.25, 0.3) is 22.3 Å². The van der Waals surface area contributed by atoms with Crippen LogP contribution in [-0.2, 0) is 0 Å². The minimum atomic E-state index is -0.735. The van der Waals surface area contributed by atoms with Crippen LogP contribution in [0.1, 0.15) is 10.4 Å². The molecule has 0 saturated heterocycles. The minimum Gasteiger partial charge on any atom is -0.267 e. The van der Waals surface area contributed by atoms with Crippen LogP contribution in [0.15, 0.2) is 77.6 Å². The highest BCUT2D eigenvalue weighted by atomic mass is 19.1. The quantitative estimate of drug-likeness (QED) is 0.414. The van der Waals surface area contributed by atoms with Gasteiger partial charge in [0.05, 0.1) is 15.8 Å². The second-order valence-electron chi connectivity index (χ2n) is 6.35. The highest BCUT2D eigenvalue weighted by molar-refractivity contribution is 6.00. The van der Waals surface area contributed by atoms with Crippen molar-refractivity contribution in [3.8, 4) is 11.4 Å². The van der Waals surface area contributed by atoms with E-state index in [0.29, 0.717) is 11.1 Å². The first-order valence-electron chi connectivity index (χ1n) is 8.77. The predicted molar refractivity (Wildman–Crippen MR) is 108 cm³/mol. The molecule has 1 aromatic heterocycles. The molecule has 0 radical (unpaired) electrons. The van der Waals surface area contributed by atoms with Gasteiger partial charge in [-0.25, -0.2) is 9.37 Å². The first-order valence-corrected chi connectivity index (χ1v) is 8.77. The predicted octanol–water partition coefficient (Wildman–Crippen LogP) is 3.49. The fourth-order valence-corrected chi connectivity index (χ4v) is 2.96. The molecule has 0 aliphatic heterocycles. The number of amides is 1. The van der Waals surface area contributed by atoms with E-state index in [4.69, 9.17) is 0 Å². The Bertz CT molecular complexity index is 1350. The summed E-state index contributed by atoms with van der Waals surface area (Å²) in [6.45, 7) is 0. The summed E-state index contributed by atoms with van der Waals surface area (Å²) in [4.78, 5) is 40.6. The molecule has 0 spiro atoms. The third kappa shape index (κ3) is 3.51. The number of carbonyl (C=O) groups excluding carboxylic acids is 1. The summed E-state index contributed by atoms with van der Waals surface area (Å²) in [6, 6.07) is 17.0. The molecule has 0 atom stereocenters. The minimum absolute atomic E-state index is 0.00526. The summed E-state index contributed by atoms with van der Waals surface area (Å²) in [5.41, 5.74) is 2.45. The molecule has 4 rings (SSSR count). The number of nitrogens with zero attached hydrogens (tertiary/aromatic N) is 3. The zero-order valence-electron chi connectivity index (χ0n) is 15.3. The fraction of sp³-hybridized carbons (Fsp3) is 0. The van der Waals surface area contributed by atoms with Gasteiger partial charge in [0, 0.05) is 23.3 Å². The Morgan fingerprint density at radius 1 is 1.03 bits per heavy atom. The van der Waals surface area contributed by atoms with Crippen LogP contribution >= 0.6 is 0 Å². The first kappa shape index (κ1) is 18.9. The number of halogens is 1. The summed E-state index contributed by atoms with van der Waals surface area (Å²) >= 11 is 0. The lowest BCUT2D eigenvalue weighted by Crippen LogP contribution is -2.35. The molecule has 0 fully saturated rings. The number of nitrogens with one attached hydrogen (secondary N) is 1. The van der Waals surface area contributed by atoms with Crippen LogP contribution in [0.2, 0.25) is 0 Å². The topological polar surface area (TPSA) is 107 Å². The number of hydrogen-bond donors (Lipinski definition) is 1. The van der Waals surface area contributed by atoms with Gasteiger partial charge in [-0.1, -0.05) is 18.2 Å². The molecule has 30 heavy (non-hydrogen) atoms. The number of carbonyl (C=O) groups is 1. The average molecular weight is 404 g/mol. The van der Waals surface area contributed by atoms with E-state index in [1.54, 1.807) is 24.3 Å². The maximum atomic E-state index is 13.4. The number of rotatable bonds is 4. The lowest BCUT2D eigenvalue weighted by atomic mass is 10.2. The number of hydrogen-bond acceptors (Lipinski definition) is 5. The zero-order valence-corrected chi connectivity index (χ0v) is 15.3. The number of non-ortho nitro benzene ring substituents is 1. The van der Waals surface area contributed by atoms with Gasteiger partial charge in [0.25, 0.3) is 17.2 Å². The molecule has 4 aromatic rings. The summed E-state index contributed by atoms with van der Waals surface area (Å²) in [5.74, 6) is -1.10. The van der Waals surface area contributed by atoms with Crippen LogP contribution in [0.3, 0.4) is 0 Å². The van der Waals surface area contributed by atoms with Crippen molar-refractivity contribution in [2.75, 3.05) is 5.43 Å². The Balaban J connectivity index is 1.85. The van der Waals surface area contributed by atoms with Gasteiger partial charge in [-0.05, 0) is 42.5 Å². The molecule has 0 aliphatic rings. The Kier molecular flexibility index (Phi) is 4.77. The van der Waals surface area contributed by atoms with Gasteiger partial charge in [0.1, 0.15) is 5.82 Å². The molecule has 8 nitrogen and oxygen atoms in total. The molecule has 0 bridgehead atoms. The van der Waals surface area contributed by atoms with Gasteiger partial charge in [-0.2, -0.15) is 4.68 Å². The van der Waals surface area contributed by atoms with E-state index in [1.165, 1.54) is 42.5 Å². The third-order valence-electron chi connectivity index (χ3n) is 4.41. The largest absolute Gasteiger partial charge is 0.280 e. The molecule has 148 valence electrons. The van der Waals surface area contributed by atoms with Crippen molar-refractivity contribution in [3.05, 3.63) is 105 Å². The summed E-state index contributed by atoms with van der Waals surface area (Å²) in [7, 11) is 0. The number of nitro groups is 1. The van der Waals surface area contributed by atoms with Crippen molar-refractivity contribution >= 4 is 22.5 Å². The number of fused-ring (bicyclic) bond motifs is 1.